The van der Waals surface area contributed by atoms with Crippen LogP contribution in [0.1, 0.15) is 51.3 Å². The molecule has 0 saturated carbocycles. The first-order valence-corrected chi connectivity index (χ1v) is 11.6. The van der Waals surface area contributed by atoms with E-state index in [0.29, 0.717) is 23.5 Å². The molecule has 3 aromatic carbocycles. The van der Waals surface area contributed by atoms with Crippen LogP contribution in [0.25, 0.3) is 0 Å². The summed E-state index contributed by atoms with van der Waals surface area (Å²) in [6.07, 6.45) is -0.0882. The number of benzene rings is 3. The van der Waals surface area contributed by atoms with Gasteiger partial charge in [0.15, 0.2) is 11.5 Å². The molecule has 8 heteroatoms. The number of carboxylic acids is 1. The summed E-state index contributed by atoms with van der Waals surface area (Å²) < 4.78 is 18.1. The lowest BCUT2D eigenvalue weighted by atomic mass is 9.94. The Kier molecular flexibility index (Phi) is 5.69. The summed E-state index contributed by atoms with van der Waals surface area (Å²) in [5.41, 5.74) is 4.55. The SMILES string of the molecule is COc1ccc([C@@H]2Oc3ccc(Br)cc3[C@@H]3CC(c4ccc(C)cc4)=NN32)c(C(=O)O)c1OC. The fraction of sp³-hybridized carbons (Fsp3) is 0.231. The van der Waals surface area contributed by atoms with Gasteiger partial charge < -0.3 is 19.3 Å². The lowest BCUT2D eigenvalue weighted by molar-refractivity contribution is -0.0199. The van der Waals surface area contributed by atoms with Gasteiger partial charge in [-0.25, -0.2) is 9.80 Å². The maximum absolute atomic E-state index is 12.4. The van der Waals surface area contributed by atoms with Gasteiger partial charge in [0.2, 0.25) is 6.23 Å². The number of carbonyl (C=O) groups is 1. The van der Waals surface area contributed by atoms with Gasteiger partial charge in [0.05, 0.1) is 26.0 Å². The Bertz CT molecular complexity index is 1310. The highest BCUT2D eigenvalue weighted by atomic mass is 79.9. The van der Waals surface area contributed by atoms with Crippen LogP contribution in [0.3, 0.4) is 0 Å². The standard InChI is InChI=1S/C26H23BrN2O5/c1-14-4-6-15(7-5-14)19-13-20-18-12-16(27)8-10-21(18)34-25(29(20)28-19)17-9-11-22(32-2)24(33-3)23(17)26(30)31/h4-12,20,25H,13H2,1-3H3,(H,30,31)/t20-,25-/m0/s1. The summed E-state index contributed by atoms with van der Waals surface area (Å²) in [5, 5.41) is 16.9. The van der Waals surface area contributed by atoms with Crippen molar-refractivity contribution in [3.63, 3.8) is 0 Å². The van der Waals surface area contributed by atoms with Crippen LogP contribution in [0.4, 0.5) is 0 Å². The monoisotopic (exact) mass is 522 g/mol. The zero-order chi connectivity index (χ0) is 24.0. The van der Waals surface area contributed by atoms with Gasteiger partial charge in [-0.3, -0.25) is 0 Å². The van der Waals surface area contributed by atoms with E-state index in [0.717, 1.165) is 21.3 Å². The van der Waals surface area contributed by atoms with Crippen molar-refractivity contribution in [3.8, 4) is 17.2 Å². The topological polar surface area (TPSA) is 80.6 Å². The Balaban J connectivity index is 1.67. The molecule has 34 heavy (non-hydrogen) atoms. The fourth-order valence-electron chi connectivity index (χ4n) is 4.55. The van der Waals surface area contributed by atoms with E-state index in [-0.39, 0.29) is 17.4 Å². The van der Waals surface area contributed by atoms with Crippen LogP contribution >= 0.6 is 15.9 Å². The fourth-order valence-corrected chi connectivity index (χ4v) is 4.93. The van der Waals surface area contributed by atoms with E-state index in [1.807, 2.05) is 30.1 Å². The molecule has 174 valence electrons. The highest BCUT2D eigenvalue weighted by molar-refractivity contribution is 9.10. The average Bonchev–Trinajstić information content (AvgIpc) is 3.29. The predicted molar refractivity (Wildman–Crippen MR) is 131 cm³/mol. The van der Waals surface area contributed by atoms with Crippen molar-refractivity contribution in [3.05, 3.63) is 86.9 Å². The van der Waals surface area contributed by atoms with Crippen molar-refractivity contribution in [2.45, 2.75) is 25.6 Å². The highest BCUT2D eigenvalue weighted by Crippen LogP contribution is 2.50. The molecule has 0 unspecified atom stereocenters. The third-order valence-corrected chi connectivity index (χ3v) is 6.69. The number of hydrogen-bond acceptors (Lipinski definition) is 6. The largest absolute Gasteiger partial charge is 0.493 e. The average molecular weight is 523 g/mol. The molecule has 0 bridgehead atoms. The molecule has 0 radical (unpaired) electrons. The molecule has 3 aromatic rings. The lowest BCUT2D eigenvalue weighted by Crippen LogP contribution is -2.34. The number of carboxylic acid groups (broad SMARTS) is 1. The lowest BCUT2D eigenvalue weighted by Gasteiger charge is -2.38. The number of aromatic carboxylic acids is 1. The summed E-state index contributed by atoms with van der Waals surface area (Å²) in [7, 11) is 2.90. The van der Waals surface area contributed by atoms with E-state index >= 15 is 0 Å². The van der Waals surface area contributed by atoms with Gasteiger partial charge in [-0.2, -0.15) is 5.10 Å². The molecule has 1 N–H and O–H groups in total. The van der Waals surface area contributed by atoms with Gasteiger partial charge in [-0.15, -0.1) is 0 Å². The molecule has 0 saturated heterocycles. The zero-order valence-corrected chi connectivity index (χ0v) is 20.5. The Hall–Kier alpha value is -3.52. The van der Waals surface area contributed by atoms with E-state index in [2.05, 4.69) is 40.2 Å². The molecule has 2 atom stereocenters. The van der Waals surface area contributed by atoms with Crippen molar-refractivity contribution >= 4 is 27.6 Å². The van der Waals surface area contributed by atoms with Crippen LogP contribution in [-0.4, -0.2) is 36.0 Å². The van der Waals surface area contributed by atoms with Gasteiger partial charge in [0.1, 0.15) is 11.3 Å². The first-order valence-electron chi connectivity index (χ1n) is 10.8. The maximum Gasteiger partial charge on any atom is 0.340 e. The summed E-state index contributed by atoms with van der Waals surface area (Å²) in [5.74, 6) is 0.0529. The minimum atomic E-state index is -1.13. The Morgan fingerprint density at radius 1 is 1.09 bits per heavy atom. The number of hydrogen-bond donors (Lipinski definition) is 1. The quantitative estimate of drug-likeness (QED) is 0.461. The second-order valence-corrected chi connectivity index (χ2v) is 9.15. The van der Waals surface area contributed by atoms with Gasteiger partial charge in [0, 0.05) is 22.0 Å². The molecule has 7 nitrogen and oxygen atoms in total. The first kappa shape index (κ1) is 22.3. The minimum absolute atomic E-state index is 0.00912. The summed E-state index contributed by atoms with van der Waals surface area (Å²) in [6.45, 7) is 2.05. The second kappa shape index (κ2) is 8.68. The van der Waals surface area contributed by atoms with Crippen LogP contribution < -0.4 is 14.2 Å². The maximum atomic E-state index is 12.4. The smallest absolute Gasteiger partial charge is 0.340 e. The molecular weight excluding hydrogens is 500 g/mol. The van der Waals surface area contributed by atoms with Crippen molar-refractivity contribution in [1.29, 1.82) is 0 Å². The van der Waals surface area contributed by atoms with Gasteiger partial charge in [-0.05, 0) is 42.8 Å². The molecule has 5 rings (SSSR count). The van der Waals surface area contributed by atoms with Crippen LogP contribution in [-0.2, 0) is 0 Å². The van der Waals surface area contributed by atoms with Crippen molar-refractivity contribution in [2.75, 3.05) is 14.2 Å². The number of hydrazone groups is 1. The first-order chi connectivity index (χ1) is 16.4. The summed E-state index contributed by atoms with van der Waals surface area (Å²) >= 11 is 3.56. The van der Waals surface area contributed by atoms with Gasteiger partial charge >= 0.3 is 5.97 Å². The molecule has 2 heterocycles. The Morgan fingerprint density at radius 2 is 1.85 bits per heavy atom. The number of halogens is 1. The molecule has 2 aliphatic rings. The van der Waals surface area contributed by atoms with Crippen LogP contribution in [0.5, 0.6) is 17.2 Å². The normalized spacial score (nSPS) is 18.5. The molecule has 2 aliphatic heterocycles. The van der Waals surface area contributed by atoms with Crippen molar-refractivity contribution < 1.29 is 24.1 Å². The molecule has 0 spiro atoms. The number of nitrogens with zero attached hydrogens (tertiary/aromatic N) is 2. The molecule has 0 amide bonds. The molecule has 0 aromatic heterocycles. The van der Waals surface area contributed by atoms with E-state index in [1.54, 1.807) is 12.1 Å². The minimum Gasteiger partial charge on any atom is -0.493 e. The Morgan fingerprint density at radius 3 is 2.53 bits per heavy atom. The highest BCUT2D eigenvalue weighted by Gasteiger charge is 2.43. The van der Waals surface area contributed by atoms with E-state index in [9.17, 15) is 9.90 Å². The third-order valence-electron chi connectivity index (χ3n) is 6.19. The van der Waals surface area contributed by atoms with Crippen LogP contribution in [0.2, 0.25) is 0 Å². The van der Waals surface area contributed by atoms with E-state index in [1.165, 1.54) is 19.8 Å². The number of rotatable bonds is 5. The number of methoxy groups -OCH3 is 2. The van der Waals surface area contributed by atoms with E-state index < -0.39 is 12.2 Å². The number of aryl methyl sites for hydroxylation is 1. The van der Waals surface area contributed by atoms with E-state index in [4.69, 9.17) is 19.3 Å². The van der Waals surface area contributed by atoms with Crippen LogP contribution in [0.15, 0.2) is 64.2 Å². The number of ether oxygens (including phenoxy) is 3. The van der Waals surface area contributed by atoms with Crippen LogP contribution in [0, 0.1) is 6.92 Å². The molecule has 0 fully saturated rings. The van der Waals surface area contributed by atoms with Crippen molar-refractivity contribution in [2.24, 2.45) is 5.10 Å². The second-order valence-electron chi connectivity index (χ2n) is 8.24. The van der Waals surface area contributed by atoms with Gasteiger partial charge in [0.25, 0.3) is 0 Å². The van der Waals surface area contributed by atoms with Crippen molar-refractivity contribution in [1.82, 2.24) is 5.01 Å². The summed E-state index contributed by atoms with van der Waals surface area (Å²) in [4.78, 5) is 12.4. The van der Waals surface area contributed by atoms with Gasteiger partial charge in [-0.1, -0.05) is 45.8 Å². The molecular formula is C26H23BrN2O5. The Labute approximate surface area is 205 Å². The summed E-state index contributed by atoms with van der Waals surface area (Å²) in [6, 6.07) is 17.4. The zero-order valence-electron chi connectivity index (χ0n) is 18.9. The predicted octanol–water partition coefficient (Wildman–Crippen LogP) is 5.72. The number of fused-ring (bicyclic) bond motifs is 3. The third kappa shape index (κ3) is 3.68. The molecule has 0 aliphatic carbocycles.